The summed E-state index contributed by atoms with van der Waals surface area (Å²) < 4.78 is 25.0. The van der Waals surface area contributed by atoms with Crippen molar-refractivity contribution in [2.75, 3.05) is 6.26 Å². The first-order valence-electron chi connectivity index (χ1n) is 9.63. The molecule has 0 aliphatic heterocycles. The third-order valence-electron chi connectivity index (χ3n) is 4.87. The Morgan fingerprint density at radius 1 is 1.03 bits per heavy atom. The van der Waals surface area contributed by atoms with Crippen LogP contribution in [-0.2, 0) is 9.84 Å². The van der Waals surface area contributed by atoms with Crippen molar-refractivity contribution in [1.29, 1.82) is 0 Å². The van der Waals surface area contributed by atoms with Gasteiger partial charge >= 0.3 is 0 Å². The Morgan fingerprint density at radius 3 is 2.35 bits per heavy atom. The lowest BCUT2D eigenvalue weighted by atomic mass is 10.1. The number of hydrogen-bond donors (Lipinski definition) is 1. The molecule has 0 saturated heterocycles. The molecule has 0 bridgehead atoms. The smallest absolute Gasteiger partial charge is 0.270 e. The second-order valence-electron chi connectivity index (χ2n) is 7.18. The van der Waals surface area contributed by atoms with Gasteiger partial charge in [0.05, 0.1) is 21.5 Å². The molecule has 158 valence electrons. The van der Waals surface area contributed by atoms with Gasteiger partial charge in [-0.3, -0.25) is 4.79 Å². The fourth-order valence-electron chi connectivity index (χ4n) is 3.21. The standard InChI is InChI=1S/C23H21N3O3S2/c1-16(17-10-12-19(13-11-17)31(2,28)29)24-23(27)21-15-20(22-9-6-14-30-22)25-26(21)18-7-4-3-5-8-18/h3-16H,1-2H3,(H,24,27)/t16-/m0/s1. The molecule has 4 aromatic rings. The first-order valence-corrected chi connectivity index (χ1v) is 12.4. The number of carbonyl (C=O) groups is 1. The maximum absolute atomic E-state index is 13.2. The van der Waals surface area contributed by atoms with Crippen molar-refractivity contribution in [3.8, 4) is 16.3 Å². The number of hydrogen-bond acceptors (Lipinski definition) is 5. The lowest BCUT2D eigenvalue weighted by Crippen LogP contribution is -2.28. The van der Waals surface area contributed by atoms with Crippen molar-refractivity contribution in [3.05, 3.63) is 89.4 Å². The molecule has 0 aliphatic rings. The van der Waals surface area contributed by atoms with Gasteiger partial charge in [0.2, 0.25) is 0 Å². The van der Waals surface area contributed by atoms with E-state index in [0.29, 0.717) is 5.69 Å². The Labute approximate surface area is 185 Å². The molecule has 0 unspecified atom stereocenters. The number of benzene rings is 2. The quantitative estimate of drug-likeness (QED) is 0.468. The number of thiophene rings is 1. The number of nitrogens with zero attached hydrogens (tertiary/aromatic N) is 2. The van der Waals surface area contributed by atoms with Gasteiger partial charge in [-0.05, 0) is 54.3 Å². The van der Waals surface area contributed by atoms with E-state index in [4.69, 9.17) is 0 Å². The SMILES string of the molecule is C[C@H](NC(=O)c1cc(-c2cccs2)nn1-c1ccccc1)c1ccc(S(C)(=O)=O)cc1. The van der Waals surface area contributed by atoms with Crippen LogP contribution < -0.4 is 5.32 Å². The summed E-state index contributed by atoms with van der Waals surface area (Å²) in [5.74, 6) is -0.265. The molecule has 4 rings (SSSR count). The molecule has 1 N–H and O–H groups in total. The highest BCUT2D eigenvalue weighted by atomic mass is 32.2. The second kappa shape index (κ2) is 8.49. The second-order valence-corrected chi connectivity index (χ2v) is 10.1. The van der Waals surface area contributed by atoms with Gasteiger partial charge in [0.1, 0.15) is 11.4 Å². The predicted molar refractivity (Wildman–Crippen MR) is 122 cm³/mol. The Hall–Kier alpha value is -3.23. The van der Waals surface area contributed by atoms with Crippen LogP contribution in [-0.4, -0.2) is 30.4 Å². The van der Waals surface area contributed by atoms with Gasteiger partial charge in [0.15, 0.2) is 9.84 Å². The summed E-state index contributed by atoms with van der Waals surface area (Å²) in [4.78, 5) is 14.4. The van der Waals surface area contributed by atoms with E-state index >= 15 is 0 Å². The van der Waals surface area contributed by atoms with Crippen molar-refractivity contribution < 1.29 is 13.2 Å². The van der Waals surface area contributed by atoms with Crippen molar-refractivity contribution in [2.45, 2.75) is 17.9 Å². The molecule has 0 aliphatic carbocycles. The maximum Gasteiger partial charge on any atom is 0.270 e. The van der Waals surface area contributed by atoms with Crippen molar-refractivity contribution in [2.24, 2.45) is 0 Å². The van der Waals surface area contributed by atoms with Gasteiger partial charge in [-0.25, -0.2) is 13.1 Å². The van der Waals surface area contributed by atoms with Crippen LogP contribution in [0.3, 0.4) is 0 Å². The first-order chi connectivity index (χ1) is 14.8. The summed E-state index contributed by atoms with van der Waals surface area (Å²) in [6.07, 6.45) is 1.17. The molecule has 0 fully saturated rings. The Balaban J connectivity index is 1.63. The van der Waals surface area contributed by atoms with Crippen molar-refractivity contribution in [3.63, 3.8) is 0 Å². The Kier molecular flexibility index (Phi) is 5.75. The topological polar surface area (TPSA) is 81.1 Å². The predicted octanol–water partition coefficient (Wildman–Crippen LogP) is 4.50. The minimum atomic E-state index is -3.26. The van der Waals surface area contributed by atoms with E-state index in [-0.39, 0.29) is 16.8 Å². The fraction of sp³-hybridized carbons (Fsp3) is 0.130. The van der Waals surface area contributed by atoms with Crippen LogP contribution in [0.1, 0.15) is 29.0 Å². The average Bonchev–Trinajstić information content (AvgIpc) is 3.44. The van der Waals surface area contributed by atoms with Crippen molar-refractivity contribution in [1.82, 2.24) is 15.1 Å². The minimum Gasteiger partial charge on any atom is -0.344 e. The molecule has 1 atom stereocenters. The average molecular weight is 452 g/mol. The van der Waals surface area contributed by atoms with E-state index in [2.05, 4.69) is 10.4 Å². The summed E-state index contributed by atoms with van der Waals surface area (Å²) >= 11 is 1.56. The van der Waals surface area contributed by atoms with Gasteiger partial charge in [-0.1, -0.05) is 36.4 Å². The molecule has 0 spiro atoms. The van der Waals surface area contributed by atoms with E-state index in [1.807, 2.05) is 54.8 Å². The first kappa shape index (κ1) is 21.0. The van der Waals surface area contributed by atoms with E-state index in [9.17, 15) is 13.2 Å². The molecule has 0 saturated carbocycles. The number of aromatic nitrogens is 2. The lowest BCUT2D eigenvalue weighted by Gasteiger charge is -2.15. The van der Waals surface area contributed by atoms with Crippen LogP contribution in [0.25, 0.3) is 16.3 Å². The normalized spacial score (nSPS) is 12.5. The molecular weight excluding hydrogens is 430 g/mol. The Morgan fingerprint density at radius 2 is 1.74 bits per heavy atom. The number of nitrogens with one attached hydrogen (secondary N) is 1. The molecule has 2 heterocycles. The Bertz CT molecular complexity index is 1290. The summed E-state index contributed by atoms with van der Waals surface area (Å²) in [6, 6.07) is 21.4. The summed E-state index contributed by atoms with van der Waals surface area (Å²) in [7, 11) is -3.26. The molecule has 31 heavy (non-hydrogen) atoms. The molecule has 8 heteroatoms. The number of amides is 1. The fourth-order valence-corrected chi connectivity index (χ4v) is 4.52. The third kappa shape index (κ3) is 4.60. The monoisotopic (exact) mass is 451 g/mol. The summed E-state index contributed by atoms with van der Waals surface area (Å²) in [5, 5.41) is 9.63. The molecule has 1 amide bonds. The number of carbonyl (C=O) groups excluding carboxylic acids is 1. The molecule has 0 radical (unpaired) electrons. The zero-order valence-electron chi connectivity index (χ0n) is 17.0. The molecular formula is C23H21N3O3S2. The molecule has 6 nitrogen and oxygen atoms in total. The number of para-hydroxylation sites is 1. The lowest BCUT2D eigenvalue weighted by molar-refractivity contribution is 0.0932. The van der Waals surface area contributed by atoms with Crippen LogP contribution in [0.5, 0.6) is 0 Å². The molecule has 2 aromatic heterocycles. The van der Waals surface area contributed by atoms with Gasteiger partial charge in [-0.2, -0.15) is 5.10 Å². The number of rotatable bonds is 6. The summed E-state index contributed by atoms with van der Waals surface area (Å²) in [5.41, 5.74) is 2.76. The largest absolute Gasteiger partial charge is 0.344 e. The minimum absolute atomic E-state index is 0.248. The van der Waals surface area contributed by atoms with E-state index in [0.717, 1.165) is 21.8 Å². The van der Waals surface area contributed by atoms with Crippen LogP contribution >= 0.6 is 11.3 Å². The highest BCUT2D eigenvalue weighted by Gasteiger charge is 2.20. The maximum atomic E-state index is 13.2. The van der Waals surface area contributed by atoms with Crippen LogP contribution in [0, 0.1) is 0 Å². The van der Waals surface area contributed by atoms with E-state index in [1.54, 1.807) is 46.4 Å². The van der Waals surface area contributed by atoms with Crippen molar-refractivity contribution >= 4 is 27.1 Å². The number of sulfone groups is 1. The molecule has 2 aromatic carbocycles. The zero-order valence-corrected chi connectivity index (χ0v) is 18.7. The van der Waals surface area contributed by atoms with Gasteiger partial charge < -0.3 is 5.32 Å². The highest BCUT2D eigenvalue weighted by Crippen LogP contribution is 2.26. The summed E-state index contributed by atoms with van der Waals surface area (Å²) in [6.45, 7) is 1.86. The zero-order chi connectivity index (χ0) is 22.0. The highest BCUT2D eigenvalue weighted by molar-refractivity contribution is 7.90. The van der Waals surface area contributed by atoms with Crippen LogP contribution in [0.15, 0.2) is 83.1 Å². The van der Waals surface area contributed by atoms with Gasteiger partial charge in [0.25, 0.3) is 5.91 Å². The van der Waals surface area contributed by atoms with Crippen LogP contribution in [0.4, 0.5) is 0 Å². The van der Waals surface area contributed by atoms with Crippen LogP contribution in [0.2, 0.25) is 0 Å². The van der Waals surface area contributed by atoms with Gasteiger partial charge in [-0.15, -0.1) is 11.3 Å². The third-order valence-corrected chi connectivity index (χ3v) is 6.89. The van der Waals surface area contributed by atoms with Gasteiger partial charge in [0, 0.05) is 6.26 Å². The van der Waals surface area contributed by atoms with E-state index < -0.39 is 9.84 Å². The van der Waals surface area contributed by atoms with E-state index in [1.165, 1.54) is 6.26 Å².